The smallest absolute Gasteiger partial charge is 0.216 e. The highest BCUT2D eigenvalue weighted by Gasteiger charge is 2.19. The molecule has 0 bridgehead atoms. The first-order valence-electron chi connectivity index (χ1n) is 6.53. The van der Waals surface area contributed by atoms with Crippen LogP contribution in [-0.4, -0.2) is 43.9 Å². The number of methoxy groups -OCH3 is 2. The molecule has 1 N–H and O–H groups in total. The van der Waals surface area contributed by atoms with Gasteiger partial charge in [-0.15, -0.1) is 0 Å². The van der Waals surface area contributed by atoms with Gasteiger partial charge in [-0.25, -0.2) is 0 Å². The van der Waals surface area contributed by atoms with Gasteiger partial charge in [0.1, 0.15) is 11.5 Å². The van der Waals surface area contributed by atoms with Crippen LogP contribution in [0.2, 0.25) is 0 Å². The van der Waals surface area contributed by atoms with E-state index < -0.39 is 11.8 Å². The molecule has 6 heteroatoms. The van der Waals surface area contributed by atoms with Gasteiger partial charge >= 0.3 is 0 Å². The van der Waals surface area contributed by atoms with Crippen molar-refractivity contribution in [3.05, 3.63) is 36.0 Å². The third-order valence-electron chi connectivity index (χ3n) is 3.29. The van der Waals surface area contributed by atoms with Gasteiger partial charge in [0.25, 0.3) is 0 Å². The summed E-state index contributed by atoms with van der Waals surface area (Å²) in [5, 5.41) is 2.99. The van der Waals surface area contributed by atoms with Crippen LogP contribution in [0.15, 0.2) is 30.5 Å². The van der Waals surface area contributed by atoms with Crippen molar-refractivity contribution in [2.24, 2.45) is 0 Å². The van der Waals surface area contributed by atoms with Crippen LogP contribution in [0.3, 0.4) is 0 Å². The number of ether oxygens (including phenoxy) is 2. The number of benzene rings is 1. The van der Waals surface area contributed by atoms with Gasteiger partial charge in [0.2, 0.25) is 5.78 Å². The highest BCUT2D eigenvalue weighted by molar-refractivity contribution is 6.28. The summed E-state index contributed by atoms with van der Waals surface area (Å²) in [6, 6.07) is 5.11. The molecule has 1 unspecified atom stereocenters. The highest BCUT2D eigenvalue weighted by atomic mass is 16.5. The Hall–Kier alpha value is -2.34. The van der Waals surface area contributed by atoms with Crippen molar-refractivity contribution in [1.29, 1.82) is 0 Å². The zero-order chi connectivity index (χ0) is 15.2. The van der Waals surface area contributed by atoms with E-state index in [2.05, 4.69) is 5.32 Å². The van der Waals surface area contributed by atoms with Crippen molar-refractivity contribution in [1.82, 2.24) is 10.2 Å². The van der Waals surface area contributed by atoms with Crippen LogP contribution in [0.5, 0.6) is 11.5 Å². The first-order valence-corrected chi connectivity index (χ1v) is 6.53. The minimum Gasteiger partial charge on any atom is -0.497 e. The molecule has 6 nitrogen and oxygen atoms in total. The van der Waals surface area contributed by atoms with E-state index in [-0.39, 0.29) is 0 Å². The van der Waals surface area contributed by atoms with Crippen LogP contribution in [-0.2, 0) is 16.1 Å². The zero-order valence-corrected chi connectivity index (χ0v) is 12.0. The van der Waals surface area contributed by atoms with Crippen LogP contribution in [0.4, 0.5) is 0 Å². The molecule has 0 spiro atoms. The van der Waals surface area contributed by atoms with Crippen molar-refractivity contribution in [2.75, 3.05) is 20.9 Å². The van der Waals surface area contributed by atoms with Gasteiger partial charge in [-0.05, 0) is 24.4 Å². The summed E-state index contributed by atoms with van der Waals surface area (Å²) in [7, 11) is 3.22. The normalized spacial score (nSPS) is 17.4. The summed E-state index contributed by atoms with van der Waals surface area (Å²) in [5.74, 6) is 1.02. The summed E-state index contributed by atoms with van der Waals surface area (Å²) in [5.41, 5.74) is 1.00. The number of ketones is 1. The Kier molecular flexibility index (Phi) is 4.94. The van der Waals surface area contributed by atoms with E-state index in [1.165, 1.54) is 0 Å². The molecule has 1 aromatic carbocycles. The molecule has 2 rings (SSSR count). The van der Waals surface area contributed by atoms with Crippen molar-refractivity contribution in [3.63, 3.8) is 0 Å². The molecule has 1 aliphatic heterocycles. The number of hydrogen-bond acceptors (Lipinski definition) is 6. The van der Waals surface area contributed by atoms with E-state index in [4.69, 9.17) is 9.47 Å². The van der Waals surface area contributed by atoms with Crippen molar-refractivity contribution >= 4 is 12.1 Å². The monoisotopic (exact) mass is 290 g/mol. The average molecular weight is 290 g/mol. The lowest BCUT2D eigenvalue weighted by atomic mass is 10.1. The van der Waals surface area contributed by atoms with E-state index in [1.807, 2.05) is 29.3 Å². The second-order valence-electron chi connectivity index (χ2n) is 4.63. The number of nitrogens with one attached hydrogen (secondary N) is 1. The molecule has 0 saturated carbocycles. The summed E-state index contributed by atoms with van der Waals surface area (Å²) in [6.07, 6.45) is 3.83. The fraction of sp³-hybridized carbons (Fsp3) is 0.333. The molecule has 0 amide bonds. The van der Waals surface area contributed by atoms with Crippen LogP contribution >= 0.6 is 0 Å². The second kappa shape index (κ2) is 6.90. The number of nitrogens with zero attached hydrogens (tertiary/aromatic N) is 1. The van der Waals surface area contributed by atoms with Crippen LogP contribution in [0, 0.1) is 0 Å². The molecule has 21 heavy (non-hydrogen) atoms. The molecule has 0 saturated heterocycles. The Morgan fingerprint density at radius 2 is 2.24 bits per heavy atom. The molecule has 0 aromatic heterocycles. The van der Waals surface area contributed by atoms with Crippen LogP contribution in [0.1, 0.15) is 5.56 Å². The minimum atomic E-state index is -0.531. The maximum atomic E-state index is 11.3. The summed E-state index contributed by atoms with van der Waals surface area (Å²) in [4.78, 5) is 23.7. The molecule has 1 aromatic rings. The van der Waals surface area contributed by atoms with E-state index in [0.29, 0.717) is 19.5 Å². The molecule has 0 fully saturated rings. The number of rotatable bonds is 6. The average Bonchev–Trinajstić information content (AvgIpc) is 2.55. The van der Waals surface area contributed by atoms with Crippen molar-refractivity contribution < 1.29 is 19.1 Å². The summed E-state index contributed by atoms with van der Waals surface area (Å²) in [6.45, 7) is 1.11. The van der Waals surface area contributed by atoms with Gasteiger partial charge < -0.3 is 14.4 Å². The number of Topliss-reactive ketones (excluding diaryl/α,β-unsaturated/α-hetero) is 1. The lowest BCUT2D eigenvalue weighted by Gasteiger charge is -2.28. The Bertz CT molecular complexity index is 557. The first-order chi connectivity index (χ1) is 10.2. The predicted octanol–water partition coefficient (Wildman–Crippen LogP) is 0.717. The largest absolute Gasteiger partial charge is 0.497 e. The number of aldehydes is 1. The summed E-state index contributed by atoms with van der Waals surface area (Å²) >= 11 is 0. The Balaban J connectivity index is 2.06. The second-order valence-corrected chi connectivity index (χ2v) is 4.63. The number of carbonyl (C=O) groups is 2. The number of hydrogen-bond donors (Lipinski definition) is 1. The Morgan fingerprint density at radius 1 is 1.43 bits per heavy atom. The fourth-order valence-corrected chi connectivity index (χ4v) is 2.12. The maximum absolute atomic E-state index is 11.3. The lowest BCUT2D eigenvalue weighted by molar-refractivity contribution is -0.130. The van der Waals surface area contributed by atoms with E-state index in [1.54, 1.807) is 20.3 Å². The van der Waals surface area contributed by atoms with E-state index >= 15 is 0 Å². The molecule has 1 atom stereocenters. The first kappa shape index (κ1) is 15.1. The molecule has 112 valence electrons. The molecule has 0 aliphatic carbocycles. The highest BCUT2D eigenvalue weighted by Crippen LogP contribution is 2.26. The van der Waals surface area contributed by atoms with Gasteiger partial charge in [0.15, 0.2) is 6.29 Å². The standard InChI is InChI=1S/C15H18N2O4/c1-20-12-4-3-11(15(7-12)21-2)8-17-6-5-13(16-10-17)14(19)9-18/h3-7,9,13,16H,8,10H2,1-2H3. The van der Waals surface area contributed by atoms with Crippen LogP contribution < -0.4 is 14.8 Å². The third-order valence-corrected chi connectivity index (χ3v) is 3.29. The Morgan fingerprint density at radius 3 is 2.81 bits per heavy atom. The predicted molar refractivity (Wildman–Crippen MR) is 77.1 cm³/mol. The molecule has 1 aliphatic rings. The quantitative estimate of drug-likeness (QED) is 0.615. The van der Waals surface area contributed by atoms with Gasteiger partial charge in [-0.3, -0.25) is 14.9 Å². The zero-order valence-electron chi connectivity index (χ0n) is 12.0. The van der Waals surface area contributed by atoms with E-state index in [9.17, 15) is 9.59 Å². The van der Waals surface area contributed by atoms with Crippen LogP contribution in [0.25, 0.3) is 0 Å². The van der Waals surface area contributed by atoms with Crippen molar-refractivity contribution in [2.45, 2.75) is 12.6 Å². The minimum absolute atomic E-state index is 0.337. The lowest BCUT2D eigenvalue weighted by Crippen LogP contribution is -2.45. The van der Waals surface area contributed by atoms with Gasteiger partial charge in [0.05, 0.1) is 26.9 Å². The SMILES string of the molecule is COc1ccc(CN2C=CC(C(=O)C=O)NC2)c(OC)c1. The van der Waals surface area contributed by atoms with Gasteiger partial charge in [0, 0.05) is 18.2 Å². The topological polar surface area (TPSA) is 67.9 Å². The molecular weight excluding hydrogens is 272 g/mol. The Labute approximate surface area is 123 Å². The third kappa shape index (κ3) is 3.61. The van der Waals surface area contributed by atoms with Gasteiger partial charge in [-0.1, -0.05) is 0 Å². The fourth-order valence-electron chi connectivity index (χ4n) is 2.12. The summed E-state index contributed by atoms with van der Waals surface area (Å²) < 4.78 is 10.5. The van der Waals surface area contributed by atoms with Crippen molar-refractivity contribution in [3.8, 4) is 11.5 Å². The molecule has 0 radical (unpaired) electrons. The van der Waals surface area contributed by atoms with Gasteiger partial charge in [-0.2, -0.15) is 0 Å². The maximum Gasteiger partial charge on any atom is 0.216 e. The molecule has 1 heterocycles. The molecular formula is C15H18N2O4. The number of carbonyl (C=O) groups excluding carboxylic acids is 2. The van der Waals surface area contributed by atoms with E-state index in [0.717, 1.165) is 17.1 Å².